The van der Waals surface area contributed by atoms with Crippen molar-refractivity contribution in [2.24, 2.45) is 0 Å². The van der Waals surface area contributed by atoms with Gasteiger partial charge in [0.25, 0.3) is 0 Å². The maximum atomic E-state index is 6.16. The van der Waals surface area contributed by atoms with Gasteiger partial charge in [-0.15, -0.1) is 0 Å². The fourth-order valence-corrected chi connectivity index (χ4v) is 4.23. The third-order valence-electron chi connectivity index (χ3n) is 2.90. The van der Waals surface area contributed by atoms with Gasteiger partial charge in [0.2, 0.25) is 0 Å². The molecule has 0 aliphatic heterocycles. The van der Waals surface area contributed by atoms with Crippen molar-refractivity contribution in [2.75, 3.05) is 22.9 Å². The highest BCUT2D eigenvalue weighted by molar-refractivity contribution is 14.1. The van der Waals surface area contributed by atoms with Crippen LogP contribution < -0.4 is 22.9 Å². The molecule has 0 aliphatic carbocycles. The van der Waals surface area contributed by atoms with Gasteiger partial charge in [0, 0.05) is 23.6 Å². The minimum Gasteiger partial charge on any atom is -0.397 e. The standard InChI is InChI=1S/C12H10Br2I2N4/c13-6-5(11(19)12(20)8(16)7(6)14)3-1-2-4(15)10(18)9(3)17/h1-2H,17-20H2. The molecule has 0 spiro atoms. The van der Waals surface area contributed by atoms with Crippen LogP contribution in [0.15, 0.2) is 21.1 Å². The predicted octanol–water partition coefficient (Wildman–Crippen LogP) is 4.42. The number of anilines is 4. The lowest BCUT2D eigenvalue weighted by molar-refractivity contribution is 1.50. The molecule has 2 aromatic rings. The fraction of sp³-hybridized carbons (Fsp3) is 0. The summed E-state index contributed by atoms with van der Waals surface area (Å²) in [7, 11) is 0. The van der Waals surface area contributed by atoms with Crippen LogP contribution in [0, 0.1) is 7.14 Å². The van der Waals surface area contributed by atoms with E-state index in [2.05, 4.69) is 77.0 Å². The molecule has 0 heterocycles. The van der Waals surface area contributed by atoms with E-state index in [1.807, 2.05) is 12.1 Å². The Morgan fingerprint density at radius 2 is 1.35 bits per heavy atom. The largest absolute Gasteiger partial charge is 0.397 e. The van der Waals surface area contributed by atoms with Crippen LogP contribution in [0.4, 0.5) is 22.7 Å². The van der Waals surface area contributed by atoms with Crippen molar-refractivity contribution in [3.8, 4) is 11.1 Å². The minimum atomic E-state index is 0.483. The van der Waals surface area contributed by atoms with Crippen LogP contribution in [-0.2, 0) is 0 Å². The Hall–Kier alpha value is 0.0600. The monoisotopic (exact) mass is 622 g/mol. The molecule has 106 valence electrons. The SMILES string of the molecule is Nc1c(I)ccc(-c2c(N)c(N)c(I)c(Br)c2Br)c1N. The normalized spacial score (nSPS) is 10.8. The van der Waals surface area contributed by atoms with Crippen LogP contribution in [0.1, 0.15) is 0 Å². The Balaban J connectivity index is 2.87. The van der Waals surface area contributed by atoms with E-state index in [-0.39, 0.29) is 0 Å². The molecule has 0 bridgehead atoms. The van der Waals surface area contributed by atoms with Crippen molar-refractivity contribution in [1.82, 2.24) is 0 Å². The highest BCUT2D eigenvalue weighted by Crippen LogP contribution is 2.47. The third-order valence-corrected chi connectivity index (χ3v) is 7.82. The molecular weight excluding hydrogens is 614 g/mol. The number of nitrogens with two attached hydrogens (primary N) is 4. The smallest absolute Gasteiger partial charge is 0.0702 e. The van der Waals surface area contributed by atoms with Gasteiger partial charge in [0.15, 0.2) is 0 Å². The molecule has 4 nitrogen and oxygen atoms in total. The lowest BCUT2D eigenvalue weighted by Crippen LogP contribution is -2.05. The van der Waals surface area contributed by atoms with Crippen LogP contribution in [0.3, 0.4) is 0 Å². The summed E-state index contributed by atoms with van der Waals surface area (Å²) in [6.07, 6.45) is 0. The van der Waals surface area contributed by atoms with Crippen molar-refractivity contribution in [1.29, 1.82) is 0 Å². The zero-order valence-electron chi connectivity index (χ0n) is 9.98. The summed E-state index contributed by atoms with van der Waals surface area (Å²) in [5, 5.41) is 0. The molecule has 20 heavy (non-hydrogen) atoms. The van der Waals surface area contributed by atoms with Crippen molar-refractivity contribution in [3.05, 3.63) is 28.2 Å². The fourth-order valence-electron chi connectivity index (χ4n) is 1.79. The first-order valence-electron chi connectivity index (χ1n) is 5.32. The molecule has 8 heteroatoms. The average molecular weight is 624 g/mol. The maximum Gasteiger partial charge on any atom is 0.0702 e. The topological polar surface area (TPSA) is 104 Å². The van der Waals surface area contributed by atoms with E-state index < -0.39 is 0 Å². The van der Waals surface area contributed by atoms with Crippen LogP contribution in [0.25, 0.3) is 11.1 Å². The molecule has 0 amide bonds. The van der Waals surface area contributed by atoms with Gasteiger partial charge in [-0.2, -0.15) is 0 Å². The Labute approximate surface area is 160 Å². The highest BCUT2D eigenvalue weighted by atomic mass is 127. The molecule has 0 aromatic heterocycles. The summed E-state index contributed by atoms with van der Waals surface area (Å²) in [5.74, 6) is 0. The van der Waals surface area contributed by atoms with Crippen LogP contribution in [0.2, 0.25) is 0 Å². The Morgan fingerprint density at radius 3 is 1.95 bits per heavy atom. The molecule has 0 aliphatic rings. The summed E-state index contributed by atoms with van der Waals surface area (Å²) in [6.45, 7) is 0. The first-order chi connectivity index (χ1) is 9.27. The van der Waals surface area contributed by atoms with Crippen molar-refractivity contribution in [2.45, 2.75) is 0 Å². The number of nitrogen functional groups attached to an aromatic ring is 4. The van der Waals surface area contributed by atoms with Crippen molar-refractivity contribution >= 4 is 99.8 Å². The van der Waals surface area contributed by atoms with Gasteiger partial charge in [-0.1, -0.05) is 6.07 Å². The molecule has 2 aromatic carbocycles. The Morgan fingerprint density at radius 1 is 0.750 bits per heavy atom. The van der Waals surface area contributed by atoms with Crippen LogP contribution in [-0.4, -0.2) is 0 Å². The van der Waals surface area contributed by atoms with Gasteiger partial charge in [-0.3, -0.25) is 0 Å². The van der Waals surface area contributed by atoms with Crippen LogP contribution >= 0.6 is 77.0 Å². The molecule has 8 N–H and O–H groups in total. The zero-order chi connectivity index (χ0) is 15.2. The van der Waals surface area contributed by atoms with Crippen molar-refractivity contribution < 1.29 is 0 Å². The minimum absolute atomic E-state index is 0.483. The van der Waals surface area contributed by atoms with Crippen LogP contribution in [0.5, 0.6) is 0 Å². The molecule has 0 unspecified atom stereocenters. The highest BCUT2D eigenvalue weighted by Gasteiger charge is 2.20. The van der Waals surface area contributed by atoms with Gasteiger partial charge >= 0.3 is 0 Å². The van der Waals surface area contributed by atoms with Gasteiger partial charge in [0.1, 0.15) is 0 Å². The number of halogens is 4. The first-order valence-corrected chi connectivity index (χ1v) is 9.06. The van der Waals surface area contributed by atoms with Gasteiger partial charge in [-0.25, -0.2) is 0 Å². The first kappa shape index (κ1) is 16.4. The second-order valence-corrected chi connectivity index (χ2v) is 7.89. The lowest BCUT2D eigenvalue weighted by atomic mass is 10.0. The molecule has 0 fully saturated rings. The molecule has 0 saturated carbocycles. The third kappa shape index (κ3) is 2.59. The maximum absolute atomic E-state index is 6.16. The molecular formula is C12H10Br2I2N4. The van der Waals surface area contributed by atoms with Gasteiger partial charge in [0.05, 0.1) is 26.3 Å². The second-order valence-electron chi connectivity index (χ2n) is 4.07. The second kappa shape index (κ2) is 6.05. The summed E-state index contributed by atoms with van der Waals surface area (Å²) in [5.41, 5.74) is 27.9. The predicted molar refractivity (Wildman–Crippen MR) is 110 cm³/mol. The molecule has 2 rings (SSSR count). The molecule has 0 atom stereocenters. The van der Waals surface area contributed by atoms with E-state index in [1.54, 1.807) is 0 Å². The summed E-state index contributed by atoms with van der Waals surface area (Å²) >= 11 is 11.3. The molecule has 0 saturated heterocycles. The van der Waals surface area contributed by atoms with Gasteiger partial charge < -0.3 is 22.9 Å². The van der Waals surface area contributed by atoms with E-state index >= 15 is 0 Å². The van der Waals surface area contributed by atoms with E-state index in [0.717, 1.165) is 27.2 Å². The Kier molecular flexibility index (Phi) is 4.97. The van der Waals surface area contributed by atoms with E-state index in [1.165, 1.54) is 0 Å². The number of benzene rings is 2. The lowest BCUT2D eigenvalue weighted by Gasteiger charge is -2.17. The average Bonchev–Trinajstić information content (AvgIpc) is 2.43. The quantitative estimate of drug-likeness (QED) is 0.215. The summed E-state index contributed by atoms with van der Waals surface area (Å²) in [4.78, 5) is 0. The van der Waals surface area contributed by atoms with E-state index in [4.69, 9.17) is 22.9 Å². The summed E-state index contributed by atoms with van der Waals surface area (Å²) in [6, 6.07) is 3.79. The number of rotatable bonds is 1. The summed E-state index contributed by atoms with van der Waals surface area (Å²) < 4.78 is 3.40. The number of hydrogen-bond acceptors (Lipinski definition) is 4. The van der Waals surface area contributed by atoms with E-state index in [0.29, 0.717) is 22.7 Å². The van der Waals surface area contributed by atoms with Crippen molar-refractivity contribution in [3.63, 3.8) is 0 Å². The molecule has 0 radical (unpaired) electrons. The Bertz CT molecular complexity index is 690. The van der Waals surface area contributed by atoms with E-state index in [9.17, 15) is 0 Å². The zero-order valence-corrected chi connectivity index (χ0v) is 17.5. The van der Waals surface area contributed by atoms with Gasteiger partial charge in [-0.05, 0) is 83.1 Å². The number of hydrogen-bond donors (Lipinski definition) is 4.